The molecule has 0 heterocycles. The van der Waals surface area contributed by atoms with Crippen LogP contribution in [0.25, 0.3) is 0 Å². The Kier molecular flexibility index (Phi) is 7.41. The average Bonchev–Trinajstić information content (AvgIpc) is 2.61. The van der Waals surface area contributed by atoms with E-state index in [-0.39, 0.29) is 17.6 Å². The van der Waals surface area contributed by atoms with Crippen molar-refractivity contribution in [3.8, 4) is 0 Å². The van der Waals surface area contributed by atoms with Crippen molar-refractivity contribution in [1.29, 1.82) is 0 Å². The first-order valence-corrected chi connectivity index (χ1v) is 8.48. The van der Waals surface area contributed by atoms with Crippen LogP contribution in [-0.4, -0.2) is 24.9 Å². The standard InChI is InChI=1S/C19H20ClFN2O2/c20-16-9-7-15(8-10-16)19(25)23-12-3-6-18(24)22-13-11-14-4-1-2-5-17(14)21/h1-2,4-5,7-10H,3,6,11-13H2,(H,22,24)(H,23,25). The molecular weight excluding hydrogens is 343 g/mol. The first kappa shape index (κ1) is 18.9. The molecule has 2 aromatic carbocycles. The van der Waals surface area contributed by atoms with Crippen molar-refractivity contribution in [1.82, 2.24) is 10.6 Å². The van der Waals surface area contributed by atoms with Gasteiger partial charge in [-0.25, -0.2) is 4.39 Å². The van der Waals surface area contributed by atoms with E-state index in [1.807, 2.05) is 0 Å². The van der Waals surface area contributed by atoms with Gasteiger partial charge in [0.05, 0.1) is 0 Å². The van der Waals surface area contributed by atoms with Crippen LogP contribution in [0.1, 0.15) is 28.8 Å². The first-order valence-electron chi connectivity index (χ1n) is 8.10. The highest BCUT2D eigenvalue weighted by Gasteiger charge is 2.06. The highest BCUT2D eigenvalue weighted by molar-refractivity contribution is 6.30. The summed E-state index contributed by atoms with van der Waals surface area (Å²) in [5.41, 5.74) is 1.11. The number of rotatable bonds is 8. The Morgan fingerprint density at radius 2 is 1.68 bits per heavy atom. The van der Waals surface area contributed by atoms with E-state index < -0.39 is 0 Å². The summed E-state index contributed by atoms with van der Waals surface area (Å²) in [6.07, 6.45) is 1.29. The molecule has 0 saturated heterocycles. The van der Waals surface area contributed by atoms with E-state index in [2.05, 4.69) is 10.6 Å². The number of hydrogen-bond acceptors (Lipinski definition) is 2. The molecule has 2 rings (SSSR count). The van der Waals surface area contributed by atoms with Gasteiger partial charge in [-0.1, -0.05) is 29.8 Å². The molecule has 2 aromatic rings. The Morgan fingerprint density at radius 1 is 0.960 bits per heavy atom. The van der Waals surface area contributed by atoms with E-state index in [0.717, 1.165) is 0 Å². The number of hydrogen-bond donors (Lipinski definition) is 2. The number of carbonyl (C=O) groups is 2. The molecule has 25 heavy (non-hydrogen) atoms. The van der Waals surface area contributed by atoms with E-state index in [1.165, 1.54) is 6.07 Å². The highest BCUT2D eigenvalue weighted by Crippen LogP contribution is 2.09. The second kappa shape index (κ2) is 9.79. The lowest BCUT2D eigenvalue weighted by molar-refractivity contribution is -0.121. The van der Waals surface area contributed by atoms with Crippen molar-refractivity contribution in [3.05, 3.63) is 70.5 Å². The summed E-state index contributed by atoms with van der Waals surface area (Å²) in [4.78, 5) is 23.6. The van der Waals surface area contributed by atoms with E-state index in [1.54, 1.807) is 42.5 Å². The molecule has 0 aliphatic heterocycles. The molecule has 0 radical (unpaired) electrons. The summed E-state index contributed by atoms with van der Waals surface area (Å²) in [5, 5.41) is 6.08. The van der Waals surface area contributed by atoms with Crippen molar-refractivity contribution in [2.75, 3.05) is 13.1 Å². The molecule has 0 saturated carbocycles. The maximum Gasteiger partial charge on any atom is 0.251 e. The Labute approximate surface area is 151 Å². The average molecular weight is 363 g/mol. The van der Waals surface area contributed by atoms with Crippen molar-refractivity contribution in [2.45, 2.75) is 19.3 Å². The zero-order chi connectivity index (χ0) is 18.1. The van der Waals surface area contributed by atoms with E-state index in [0.29, 0.717) is 48.5 Å². The molecule has 0 bridgehead atoms. The molecule has 0 unspecified atom stereocenters. The molecule has 0 aliphatic rings. The van der Waals surface area contributed by atoms with Crippen LogP contribution in [0, 0.1) is 5.82 Å². The van der Waals surface area contributed by atoms with Crippen LogP contribution in [-0.2, 0) is 11.2 Å². The summed E-state index contributed by atoms with van der Waals surface area (Å²) < 4.78 is 13.4. The Balaban J connectivity index is 1.60. The molecule has 4 nitrogen and oxygen atoms in total. The third kappa shape index (κ3) is 6.55. The molecule has 2 amide bonds. The molecule has 6 heteroatoms. The van der Waals surface area contributed by atoms with Crippen LogP contribution in [0.4, 0.5) is 4.39 Å². The van der Waals surface area contributed by atoms with Gasteiger partial charge < -0.3 is 10.6 Å². The van der Waals surface area contributed by atoms with Crippen molar-refractivity contribution in [2.24, 2.45) is 0 Å². The predicted molar refractivity (Wildman–Crippen MR) is 96.1 cm³/mol. The fourth-order valence-corrected chi connectivity index (χ4v) is 2.41. The second-order valence-corrected chi connectivity index (χ2v) is 5.99. The van der Waals surface area contributed by atoms with Crippen molar-refractivity contribution >= 4 is 23.4 Å². The number of carbonyl (C=O) groups excluding carboxylic acids is 2. The molecular formula is C19H20ClFN2O2. The van der Waals surface area contributed by atoms with E-state index >= 15 is 0 Å². The predicted octanol–water partition coefficient (Wildman–Crippen LogP) is 3.35. The lowest BCUT2D eigenvalue weighted by Crippen LogP contribution is -2.28. The highest BCUT2D eigenvalue weighted by atomic mass is 35.5. The minimum atomic E-state index is -0.262. The number of benzene rings is 2. The SMILES string of the molecule is O=C(CCCNC(=O)c1ccc(Cl)cc1)NCCc1ccccc1F. The summed E-state index contributed by atoms with van der Waals surface area (Å²) in [5.74, 6) is -0.574. The lowest BCUT2D eigenvalue weighted by atomic mass is 10.1. The Hall–Kier alpha value is -2.40. The fourth-order valence-electron chi connectivity index (χ4n) is 2.28. The smallest absolute Gasteiger partial charge is 0.251 e. The van der Waals surface area contributed by atoms with Gasteiger partial charge >= 0.3 is 0 Å². The van der Waals surface area contributed by atoms with Crippen LogP contribution < -0.4 is 10.6 Å². The van der Waals surface area contributed by atoms with Crippen LogP contribution in [0.2, 0.25) is 5.02 Å². The van der Waals surface area contributed by atoms with Gasteiger partial charge in [-0.15, -0.1) is 0 Å². The van der Waals surface area contributed by atoms with Gasteiger partial charge in [-0.3, -0.25) is 9.59 Å². The Morgan fingerprint density at radius 3 is 2.40 bits per heavy atom. The van der Waals surface area contributed by atoms with Gasteiger partial charge in [0.2, 0.25) is 5.91 Å². The maximum absolute atomic E-state index is 13.4. The van der Waals surface area contributed by atoms with E-state index in [9.17, 15) is 14.0 Å². The van der Waals surface area contributed by atoms with Crippen LogP contribution >= 0.6 is 11.6 Å². The van der Waals surface area contributed by atoms with Gasteiger partial charge in [-0.2, -0.15) is 0 Å². The van der Waals surface area contributed by atoms with E-state index in [4.69, 9.17) is 11.6 Å². The second-order valence-electron chi connectivity index (χ2n) is 5.56. The molecule has 0 aliphatic carbocycles. The van der Waals surface area contributed by atoms with Gasteiger partial charge in [-0.05, 0) is 48.7 Å². The Bertz CT molecular complexity index is 720. The third-order valence-electron chi connectivity index (χ3n) is 3.65. The zero-order valence-electron chi connectivity index (χ0n) is 13.7. The third-order valence-corrected chi connectivity index (χ3v) is 3.90. The molecule has 0 aromatic heterocycles. The minimum Gasteiger partial charge on any atom is -0.356 e. The largest absolute Gasteiger partial charge is 0.356 e. The summed E-state index contributed by atoms with van der Waals surface area (Å²) in [6, 6.07) is 13.1. The molecule has 132 valence electrons. The van der Waals surface area contributed by atoms with Gasteiger partial charge in [0.25, 0.3) is 5.91 Å². The van der Waals surface area contributed by atoms with Crippen LogP contribution in [0.15, 0.2) is 48.5 Å². The van der Waals surface area contributed by atoms with Gasteiger partial charge in [0, 0.05) is 30.1 Å². The zero-order valence-corrected chi connectivity index (χ0v) is 14.5. The normalized spacial score (nSPS) is 10.3. The quantitative estimate of drug-likeness (QED) is 0.707. The van der Waals surface area contributed by atoms with Crippen LogP contribution in [0.3, 0.4) is 0 Å². The summed E-state index contributed by atoms with van der Waals surface area (Å²) in [7, 11) is 0. The molecule has 0 atom stereocenters. The molecule has 2 N–H and O–H groups in total. The summed E-state index contributed by atoms with van der Waals surface area (Å²) >= 11 is 5.77. The number of amides is 2. The summed E-state index contributed by atoms with van der Waals surface area (Å²) in [6.45, 7) is 0.791. The van der Waals surface area contributed by atoms with Crippen LogP contribution in [0.5, 0.6) is 0 Å². The first-order chi connectivity index (χ1) is 12.1. The number of halogens is 2. The number of nitrogens with one attached hydrogen (secondary N) is 2. The fraction of sp³-hybridized carbons (Fsp3) is 0.263. The monoisotopic (exact) mass is 362 g/mol. The minimum absolute atomic E-state index is 0.114. The molecule has 0 fully saturated rings. The van der Waals surface area contributed by atoms with Crippen molar-refractivity contribution < 1.29 is 14.0 Å². The topological polar surface area (TPSA) is 58.2 Å². The lowest BCUT2D eigenvalue weighted by Gasteiger charge is -2.07. The molecule has 0 spiro atoms. The van der Waals surface area contributed by atoms with Crippen molar-refractivity contribution in [3.63, 3.8) is 0 Å². The van der Waals surface area contributed by atoms with Gasteiger partial charge in [0.15, 0.2) is 0 Å². The maximum atomic E-state index is 13.4. The van der Waals surface area contributed by atoms with Gasteiger partial charge in [0.1, 0.15) is 5.82 Å².